The van der Waals surface area contributed by atoms with Gasteiger partial charge in [-0.25, -0.2) is 9.69 Å². The van der Waals surface area contributed by atoms with Crippen LogP contribution in [0.1, 0.15) is 18.9 Å². The molecular weight excluding hydrogens is 274 g/mol. The van der Waals surface area contributed by atoms with Gasteiger partial charge in [-0.05, 0) is 12.0 Å². The van der Waals surface area contributed by atoms with E-state index in [0.717, 1.165) is 10.5 Å². The molecular formula is C15H17NO5. The van der Waals surface area contributed by atoms with Crippen LogP contribution in [-0.4, -0.2) is 40.6 Å². The van der Waals surface area contributed by atoms with Crippen molar-refractivity contribution in [2.45, 2.75) is 25.8 Å². The average molecular weight is 291 g/mol. The van der Waals surface area contributed by atoms with Crippen molar-refractivity contribution in [3.05, 3.63) is 35.9 Å². The van der Waals surface area contributed by atoms with Gasteiger partial charge in [0.15, 0.2) is 0 Å². The molecule has 0 radical (unpaired) electrons. The number of aliphatic carboxylic acids is 1. The van der Waals surface area contributed by atoms with Crippen molar-refractivity contribution in [2.75, 3.05) is 6.61 Å². The molecule has 0 aliphatic carbocycles. The number of rotatable bonds is 5. The van der Waals surface area contributed by atoms with E-state index in [0.29, 0.717) is 6.42 Å². The number of ether oxygens (including phenoxy) is 1. The second-order valence-electron chi connectivity index (χ2n) is 5.13. The maximum absolute atomic E-state index is 12.3. The Morgan fingerprint density at radius 3 is 2.67 bits per heavy atom. The van der Waals surface area contributed by atoms with Gasteiger partial charge in [0.1, 0.15) is 6.61 Å². The minimum atomic E-state index is -1.07. The van der Waals surface area contributed by atoms with E-state index >= 15 is 0 Å². The number of amides is 2. The molecule has 0 spiro atoms. The van der Waals surface area contributed by atoms with Crippen LogP contribution in [0.15, 0.2) is 30.3 Å². The maximum Gasteiger partial charge on any atom is 0.416 e. The van der Waals surface area contributed by atoms with Gasteiger partial charge in [-0.3, -0.25) is 9.59 Å². The van der Waals surface area contributed by atoms with E-state index in [4.69, 9.17) is 9.84 Å². The first-order valence-electron chi connectivity index (χ1n) is 6.74. The number of carboxylic acids is 1. The molecule has 2 atom stereocenters. The predicted molar refractivity (Wildman–Crippen MR) is 73.5 cm³/mol. The number of hydrogen-bond donors (Lipinski definition) is 1. The zero-order valence-electron chi connectivity index (χ0n) is 11.7. The summed E-state index contributed by atoms with van der Waals surface area (Å²) in [6.45, 7) is 1.64. The molecule has 1 heterocycles. The van der Waals surface area contributed by atoms with E-state index in [1.807, 2.05) is 30.3 Å². The first-order valence-corrected chi connectivity index (χ1v) is 6.74. The molecule has 1 saturated heterocycles. The molecule has 1 aromatic rings. The van der Waals surface area contributed by atoms with Gasteiger partial charge in [-0.1, -0.05) is 37.3 Å². The van der Waals surface area contributed by atoms with Crippen LogP contribution in [0.5, 0.6) is 0 Å². The molecule has 6 heteroatoms. The van der Waals surface area contributed by atoms with Gasteiger partial charge in [0.25, 0.3) is 0 Å². The number of carbonyl (C=O) groups is 3. The lowest BCUT2D eigenvalue weighted by molar-refractivity contribution is -0.143. The third-order valence-corrected chi connectivity index (χ3v) is 3.42. The van der Waals surface area contributed by atoms with Crippen molar-refractivity contribution in [2.24, 2.45) is 5.92 Å². The highest BCUT2D eigenvalue weighted by Crippen LogP contribution is 2.21. The molecule has 1 N–H and O–H groups in total. The Morgan fingerprint density at radius 1 is 1.38 bits per heavy atom. The molecule has 1 aromatic carbocycles. The number of nitrogens with zero attached hydrogens (tertiary/aromatic N) is 1. The van der Waals surface area contributed by atoms with Crippen molar-refractivity contribution in [3.63, 3.8) is 0 Å². The van der Waals surface area contributed by atoms with Crippen molar-refractivity contribution < 1.29 is 24.2 Å². The van der Waals surface area contributed by atoms with Crippen LogP contribution >= 0.6 is 0 Å². The maximum atomic E-state index is 12.3. The summed E-state index contributed by atoms with van der Waals surface area (Å²) in [5, 5.41) is 8.76. The van der Waals surface area contributed by atoms with Crippen LogP contribution in [0.3, 0.4) is 0 Å². The van der Waals surface area contributed by atoms with Crippen LogP contribution in [0.2, 0.25) is 0 Å². The highest BCUT2D eigenvalue weighted by Gasteiger charge is 2.39. The Morgan fingerprint density at radius 2 is 2.05 bits per heavy atom. The van der Waals surface area contributed by atoms with Gasteiger partial charge in [-0.15, -0.1) is 0 Å². The van der Waals surface area contributed by atoms with Crippen LogP contribution in [0.4, 0.5) is 4.79 Å². The Labute approximate surface area is 122 Å². The average Bonchev–Trinajstić information content (AvgIpc) is 2.79. The minimum absolute atomic E-state index is 0.138. The second kappa shape index (κ2) is 6.39. The van der Waals surface area contributed by atoms with Crippen LogP contribution in [0.25, 0.3) is 0 Å². The quantitative estimate of drug-likeness (QED) is 0.892. The van der Waals surface area contributed by atoms with Crippen molar-refractivity contribution in [1.82, 2.24) is 4.90 Å². The molecule has 1 aliphatic heterocycles. The number of hydrogen-bond acceptors (Lipinski definition) is 4. The van der Waals surface area contributed by atoms with Crippen LogP contribution < -0.4 is 0 Å². The zero-order valence-corrected chi connectivity index (χ0v) is 11.7. The van der Waals surface area contributed by atoms with Gasteiger partial charge in [0, 0.05) is 5.92 Å². The summed E-state index contributed by atoms with van der Waals surface area (Å²) in [6, 6.07) is 9.08. The lowest BCUT2D eigenvalue weighted by atomic mass is 10.0. The summed E-state index contributed by atoms with van der Waals surface area (Å²) >= 11 is 0. The van der Waals surface area contributed by atoms with Crippen molar-refractivity contribution in [3.8, 4) is 0 Å². The lowest BCUT2D eigenvalue weighted by Crippen LogP contribution is -2.43. The van der Waals surface area contributed by atoms with Crippen molar-refractivity contribution >= 4 is 18.0 Å². The first kappa shape index (κ1) is 15.0. The molecule has 1 aliphatic rings. The lowest BCUT2D eigenvalue weighted by Gasteiger charge is -2.22. The first-order chi connectivity index (χ1) is 9.99. The molecule has 6 nitrogen and oxygen atoms in total. The third-order valence-electron chi connectivity index (χ3n) is 3.42. The molecule has 21 heavy (non-hydrogen) atoms. The van der Waals surface area contributed by atoms with Gasteiger partial charge < -0.3 is 9.84 Å². The largest absolute Gasteiger partial charge is 0.481 e. The number of cyclic esters (lactones) is 1. The summed E-state index contributed by atoms with van der Waals surface area (Å²) in [5.41, 5.74) is 0.990. The number of carbonyl (C=O) groups excluding carboxylic acids is 2. The molecule has 2 unspecified atom stereocenters. The zero-order chi connectivity index (χ0) is 15.4. The van der Waals surface area contributed by atoms with Gasteiger partial charge in [0.2, 0.25) is 5.91 Å². The summed E-state index contributed by atoms with van der Waals surface area (Å²) in [4.78, 5) is 35.7. The molecule has 2 amide bonds. The van der Waals surface area contributed by atoms with Crippen LogP contribution in [-0.2, 0) is 20.7 Å². The molecule has 2 rings (SSSR count). The molecule has 112 valence electrons. The van der Waals surface area contributed by atoms with Crippen LogP contribution in [0, 0.1) is 5.92 Å². The van der Waals surface area contributed by atoms with Gasteiger partial charge in [-0.2, -0.15) is 0 Å². The van der Waals surface area contributed by atoms with E-state index < -0.39 is 23.9 Å². The Kier molecular flexibility index (Phi) is 4.57. The normalized spacial score (nSPS) is 19.2. The predicted octanol–water partition coefficient (Wildman–Crippen LogP) is 1.69. The van der Waals surface area contributed by atoms with Gasteiger partial charge in [0.05, 0.1) is 12.5 Å². The highest BCUT2D eigenvalue weighted by atomic mass is 16.6. The topological polar surface area (TPSA) is 83.9 Å². The summed E-state index contributed by atoms with van der Waals surface area (Å²) < 4.78 is 4.95. The standard InChI is InChI=1S/C15H17NO5/c1-10(7-13(17)18)14(19)16-12(9-21-15(16)20)8-11-5-3-2-4-6-11/h2-6,10,12H,7-9H2,1H3,(H,17,18). The monoisotopic (exact) mass is 291 g/mol. The molecule has 0 saturated carbocycles. The highest BCUT2D eigenvalue weighted by molar-refractivity contribution is 5.95. The number of benzene rings is 1. The third kappa shape index (κ3) is 3.59. The summed E-state index contributed by atoms with van der Waals surface area (Å²) in [6.07, 6.45) is -0.503. The Balaban J connectivity index is 2.09. The Hall–Kier alpha value is -2.37. The van der Waals surface area contributed by atoms with Crippen molar-refractivity contribution in [1.29, 1.82) is 0 Å². The fourth-order valence-corrected chi connectivity index (χ4v) is 2.35. The molecule has 1 fully saturated rings. The van der Waals surface area contributed by atoms with E-state index in [-0.39, 0.29) is 19.1 Å². The smallest absolute Gasteiger partial charge is 0.416 e. The fourth-order valence-electron chi connectivity index (χ4n) is 2.35. The molecule has 0 bridgehead atoms. The second-order valence-corrected chi connectivity index (χ2v) is 5.13. The number of imide groups is 1. The van der Waals surface area contributed by atoms with E-state index in [9.17, 15) is 14.4 Å². The SMILES string of the molecule is CC(CC(=O)O)C(=O)N1C(=O)OCC1Cc1ccccc1. The van der Waals surface area contributed by atoms with E-state index in [1.54, 1.807) is 0 Å². The molecule has 0 aromatic heterocycles. The minimum Gasteiger partial charge on any atom is -0.481 e. The van der Waals surface area contributed by atoms with Gasteiger partial charge >= 0.3 is 12.1 Å². The Bertz CT molecular complexity index is 542. The van der Waals surface area contributed by atoms with E-state index in [1.165, 1.54) is 6.92 Å². The fraction of sp³-hybridized carbons (Fsp3) is 0.400. The summed E-state index contributed by atoms with van der Waals surface area (Å²) in [7, 11) is 0. The summed E-state index contributed by atoms with van der Waals surface area (Å²) in [5.74, 6) is -2.32. The number of carboxylic acid groups (broad SMARTS) is 1. The van der Waals surface area contributed by atoms with E-state index in [2.05, 4.69) is 0 Å².